The molecule has 52 valence electrons. The van der Waals surface area contributed by atoms with Gasteiger partial charge in [-0.25, -0.2) is 0 Å². The smallest absolute Gasteiger partial charge is 0.150 e. The predicted molar refractivity (Wildman–Crippen MR) is 41.0 cm³/mol. The highest BCUT2D eigenvalue weighted by Crippen LogP contribution is 2.10. The highest BCUT2D eigenvalue weighted by atomic mass is 16.1. The van der Waals surface area contributed by atoms with Crippen LogP contribution < -0.4 is 5.73 Å². The van der Waals surface area contributed by atoms with Crippen LogP contribution in [0.2, 0.25) is 0 Å². The zero-order chi connectivity index (χ0) is 7.56. The standard InChI is InChI=1S/C8H9NO/c1-6-4-7(5-10)2-3-8(6)9/h2-5H,9H2,1H3. The summed E-state index contributed by atoms with van der Waals surface area (Å²) < 4.78 is 0. The molecule has 1 aromatic rings. The number of carbonyl (C=O) groups is 1. The first-order valence-corrected chi connectivity index (χ1v) is 3.05. The van der Waals surface area contributed by atoms with Crippen LogP contribution in [0.15, 0.2) is 18.2 Å². The fourth-order valence-corrected chi connectivity index (χ4v) is 0.772. The molecule has 2 nitrogen and oxygen atoms in total. The minimum atomic E-state index is 0.673. The fourth-order valence-electron chi connectivity index (χ4n) is 0.772. The van der Waals surface area contributed by atoms with Gasteiger partial charge in [0.05, 0.1) is 0 Å². The van der Waals surface area contributed by atoms with E-state index in [2.05, 4.69) is 0 Å². The number of aryl methyl sites for hydroxylation is 1. The molecule has 2 N–H and O–H groups in total. The summed E-state index contributed by atoms with van der Waals surface area (Å²) in [6, 6.07) is 5.21. The van der Waals surface area contributed by atoms with Crippen molar-refractivity contribution in [1.82, 2.24) is 0 Å². The summed E-state index contributed by atoms with van der Waals surface area (Å²) in [5.41, 5.74) is 7.88. The number of nitrogen functional groups attached to an aromatic ring is 1. The van der Waals surface area contributed by atoms with Crippen LogP contribution in [0, 0.1) is 6.92 Å². The van der Waals surface area contributed by atoms with E-state index in [9.17, 15) is 4.79 Å². The average Bonchev–Trinajstić information content (AvgIpc) is 1.95. The van der Waals surface area contributed by atoms with Crippen molar-refractivity contribution >= 4 is 12.0 Å². The zero-order valence-electron chi connectivity index (χ0n) is 5.79. The van der Waals surface area contributed by atoms with E-state index in [0.29, 0.717) is 5.56 Å². The van der Waals surface area contributed by atoms with Crippen LogP contribution in [-0.4, -0.2) is 6.29 Å². The number of aldehydes is 1. The molecule has 1 rings (SSSR count). The normalized spacial score (nSPS) is 9.30. The number of hydrogen-bond acceptors (Lipinski definition) is 2. The second kappa shape index (κ2) is 2.52. The Kier molecular flexibility index (Phi) is 1.71. The molecule has 0 unspecified atom stereocenters. The molecule has 0 amide bonds. The molecule has 0 saturated heterocycles. The Morgan fingerprint density at radius 3 is 2.70 bits per heavy atom. The minimum Gasteiger partial charge on any atom is -0.399 e. The largest absolute Gasteiger partial charge is 0.399 e. The van der Waals surface area contributed by atoms with Gasteiger partial charge in [0.25, 0.3) is 0 Å². The van der Waals surface area contributed by atoms with Gasteiger partial charge in [-0.3, -0.25) is 4.79 Å². The first kappa shape index (κ1) is 6.81. The second-order valence-corrected chi connectivity index (χ2v) is 2.23. The van der Waals surface area contributed by atoms with Crippen molar-refractivity contribution in [3.63, 3.8) is 0 Å². The molecular weight excluding hydrogens is 126 g/mol. The maximum absolute atomic E-state index is 10.2. The molecule has 0 bridgehead atoms. The molecule has 0 aliphatic heterocycles. The number of anilines is 1. The van der Waals surface area contributed by atoms with Crippen molar-refractivity contribution in [2.24, 2.45) is 0 Å². The van der Waals surface area contributed by atoms with Crippen LogP contribution in [0.25, 0.3) is 0 Å². The van der Waals surface area contributed by atoms with Gasteiger partial charge in [-0.15, -0.1) is 0 Å². The summed E-state index contributed by atoms with van der Waals surface area (Å²) in [6.45, 7) is 1.88. The number of nitrogens with two attached hydrogens (primary N) is 1. The van der Waals surface area contributed by atoms with E-state index in [1.165, 1.54) is 0 Å². The van der Waals surface area contributed by atoms with Crippen LogP contribution in [0.1, 0.15) is 15.9 Å². The van der Waals surface area contributed by atoms with E-state index < -0.39 is 0 Å². The first-order chi connectivity index (χ1) is 4.74. The van der Waals surface area contributed by atoms with E-state index >= 15 is 0 Å². The maximum Gasteiger partial charge on any atom is 0.150 e. The summed E-state index contributed by atoms with van der Waals surface area (Å²) in [6.07, 6.45) is 0.812. The molecule has 2 heteroatoms. The summed E-state index contributed by atoms with van der Waals surface area (Å²) in [7, 11) is 0. The van der Waals surface area contributed by atoms with Crippen molar-refractivity contribution in [1.29, 1.82) is 0 Å². The van der Waals surface area contributed by atoms with Crippen molar-refractivity contribution in [2.75, 3.05) is 5.73 Å². The molecule has 0 aliphatic rings. The van der Waals surface area contributed by atoms with Crippen molar-refractivity contribution < 1.29 is 4.79 Å². The summed E-state index contributed by atoms with van der Waals surface area (Å²) in [4.78, 5) is 10.2. The van der Waals surface area contributed by atoms with Gasteiger partial charge in [0.1, 0.15) is 6.29 Å². The molecule has 0 atom stereocenters. The van der Waals surface area contributed by atoms with Gasteiger partial charge in [0.2, 0.25) is 0 Å². The molecule has 0 saturated carbocycles. The minimum absolute atomic E-state index is 0.673. The number of hydrogen-bond donors (Lipinski definition) is 1. The van der Waals surface area contributed by atoms with Crippen molar-refractivity contribution in [2.45, 2.75) is 6.92 Å². The average molecular weight is 135 g/mol. The molecular formula is C8H9NO. The van der Waals surface area contributed by atoms with Crippen LogP contribution in [0.4, 0.5) is 5.69 Å². The van der Waals surface area contributed by atoms with Gasteiger partial charge in [0, 0.05) is 11.3 Å². The van der Waals surface area contributed by atoms with E-state index in [1.807, 2.05) is 6.92 Å². The third-order valence-electron chi connectivity index (χ3n) is 1.43. The molecule has 1 aromatic carbocycles. The predicted octanol–water partition coefficient (Wildman–Crippen LogP) is 1.39. The van der Waals surface area contributed by atoms with E-state index in [1.54, 1.807) is 18.2 Å². The quantitative estimate of drug-likeness (QED) is 0.467. The number of benzene rings is 1. The Balaban J connectivity index is 3.16. The Labute approximate surface area is 59.7 Å². The first-order valence-electron chi connectivity index (χ1n) is 3.05. The lowest BCUT2D eigenvalue weighted by molar-refractivity contribution is 0.112. The highest BCUT2D eigenvalue weighted by Gasteiger charge is 1.93. The van der Waals surface area contributed by atoms with Crippen molar-refractivity contribution in [3.05, 3.63) is 29.3 Å². The SMILES string of the molecule is Cc1cc(C=O)ccc1N. The Hall–Kier alpha value is -1.31. The molecule has 0 aliphatic carbocycles. The lowest BCUT2D eigenvalue weighted by Crippen LogP contribution is -1.90. The Morgan fingerprint density at radius 1 is 1.50 bits per heavy atom. The molecule has 0 fully saturated rings. The molecule has 0 heterocycles. The van der Waals surface area contributed by atoms with E-state index in [4.69, 9.17) is 5.73 Å². The van der Waals surface area contributed by atoms with Crippen LogP contribution >= 0.6 is 0 Å². The molecule has 0 aromatic heterocycles. The zero-order valence-corrected chi connectivity index (χ0v) is 5.79. The lowest BCUT2D eigenvalue weighted by atomic mass is 10.1. The monoisotopic (exact) mass is 135 g/mol. The summed E-state index contributed by atoms with van der Waals surface area (Å²) in [5, 5.41) is 0. The van der Waals surface area contributed by atoms with Gasteiger partial charge >= 0.3 is 0 Å². The fraction of sp³-hybridized carbons (Fsp3) is 0.125. The summed E-state index contributed by atoms with van der Waals surface area (Å²) >= 11 is 0. The highest BCUT2D eigenvalue weighted by molar-refractivity contribution is 5.76. The van der Waals surface area contributed by atoms with Crippen LogP contribution in [-0.2, 0) is 0 Å². The third kappa shape index (κ3) is 1.16. The van der Waals surface area contributed by atoms with Crippen LogP contribution in [0.3, 0.4) is 0 Å². The number of rotatable bonds is 1. The van der Waals surface area contributed by atoms with Crippen LogP contribution in [0.5, 0.6) is 0 Å². The second-order valence-electron chi connectivity index (χ2n) is 2.23. The Bertz CT molecular complexity index is 255. The van der Waals surface area contributed by atoms with Crippen molar-refractivity contribution in [3.8, 4) is 0 Å². The van der Waals surface area contributed by atoms with Gasteiger partial charge in [-0.2, -0.15) is 0 Å². The third-order valence-corrected chi connectivity index (χ3v) is 1.43. The van der Waals surface area contributed by atoms with Gasteiger partial charge in [0.15, 0.2) is 0 Å². The van der Waals surface area contributed by atoms with E-state index in [0.717, 1.165) is 17.5 Å². The lowest BCUT2D eigenvalue weighted by Gasteiger charge is -1.97. The Morgan fingerprint density at radius 2 is 2.20 bits per heavy atom. The molecule has 0 radical (unpaired) electrons. The topological polar surface area (TPSA) is 43.1 Å². The summed E-state index contributed by atoms with van der Waals surface area (Å²) in [5.74, 6) is 0. The molecule has 0 spiro atoms. The maximum atomic E-state index is 10.2. The number of carbonyl (C=O) groups excluding carboxylic acids is 1. The van der Waals surface area contributed by atoms with E-state index in [-0.39, 0.29) is 0 Å². The van der Waals surface area contributed by atoms with Gasteiger partial charge < -0.3 is 5.73 Å². The van der Waals surface area contributed by atoms with Gasteiger partial charge in [-0.1, -0.05) is 0 Å². The molecule has 10 heavy (non-hydrogen) atoms. The van der Waals surface area contributed by atoms with Gasteiger partial charge in [-0.05, 0) is 30.7 Å².